The molecule has 2 atom stereocenters. The van der Waals surface area contributed by atoms with Crippen LogP contribution in [-0.4, -0.2) is 37.1 Å². The zero-order valence-electron chi connectivity index (χ0n) is 12.7. The van der Waals surface area contributed by atoms with Crippen molar-refractivity contribution in [3.8, 4) is 0 Å². The maximum Gasteiger partial charge on any atom is 0.0175 e. The van der Waals surface area contributed by atoms with Crippen molar-refractivity contribution in [2.45, 2.75) is 39.2 Å². The summed E-state index contributed by atoms with van der Waals surface area (Å²) in [6.45, 7) is 9.43. The van der Waals surface area contributed by atoms with Crippen LogP contribution >= 0.6 is 15.9 Å². The van der Waals surface area contributed by atoms with Crippen molar-refractivity contribution < 1.29 is 0 Å². The van der Waals surface area contributed by atoms with Gasteiger partial charge in [0.1, 0.15) is 0 Å². The minimum atomic E-state index is 0.614. The first-order valence-corrected chi connectivity index (χ1v) is 8.67. The predicted octanol–water partition coefficient (Wildman–Crippen LogP) is 3.70. The Labute approximate surface area is 132 Å². The molecule has 2 unspecified atom stereocenters. The van der Waals surface area contributed by atoms with Crippen molar-refractivity contribution in [3.05, 3.63) is 34.3 Å². The summed E-state index contributed by atoms with van der Waals surface area (Å²) in [5.41, 5.74) is 1.43. The van der Waals surface area contributed by atoms with Crippen LogP contribution in [-0.2, 0) is 6.42 Å². The van der Waals surface area contributed by atoms with Gasteiger partial charge in [0, 0.05) is 17.1 Å². The second-order valence-electron chi connectivity index (χ2n) is 5.98. The van der Waals surface area contributed by atoms with Gasteiger partial charge in [0.05, 0.1) is 0 Å². The molecule has 0 saturated carbocycles. The molecule has 1 heterocycles. The summed E-state index contributed by atoms with van der Waals surface area (Å²) < 4.78 is 1.16. The molecule has 1 N–H and O–H groups in total. The fourth-order valence-corrected chi connectivity index (χ4v) is 3.39. The average Bonchev–Trinajstić information content (AvgIpc) is 2.48. The highest BCUT2D eigenvalue weighted by Crippen LogP contribution is 2.17. The summed E-state index contributed by atoms with van der Waals surface area (Å²) in [4.78, 5) is 2.64. The molecule has 1 saturated heterocycles. The molecule has 1 fully saturated rings. The number of halogens is 1. The van der Waals surface area contributed by atoms with Crippen molar-refractivity contribution in [2.24, 2.45) is 5.92 Å². The Balaban J connectivity index is 1.87. The minimum absolute atomic E-state index is 0.614. The molecule has 1 aromatic rings. The molecule has 2 rings (SSSR count). The smallest absolute Gasteiger partial charge is 0.0175 e. The van der Waals surface area contributed by atoms with E-state index < -0.39 is 0 Å². The lowest BCUT2D eigenvalue weighted by atomic mass is 9.97. The van der Waals surface area contributed by atoms with Crippen LogP contribution in [0.15, 0.2) is 28.7 Å². The number of hydrogen-bond donors (Lipinski definition) is 1. The maximum absolute atomic E-state index is 3.53. The van der Waals surface area contributed by atoms with Gasteiger partial charge in [-0.25, -0.2) is 0 Å². The van der Waals surface area contributed by atoms with E-state index in [0.29, 0.717) is 6.04 Å². The van der Waals surface area contributed by atoms with Crippen LogP contribution < -0.4 is 5.32 Å². The van der Waals surface area contributed by atoms with E-state index >= 15 is 0 Å². The Kier molecular flexibility index (Phi) is 6.53. The zero-order chi connectivity index (χ0) is 14.4. The molecule has 0 bridgehead atoms. The second kappa shape index (κ2) is 8.16. The molecule has 0 radical (unpaired) electrons. The second-order valence-corrected chi connectivity index (χ2v) is 6.90. The van der Waals surface area contributed by atoms with Gasteiger partial charge in [0.15, 0.2) is 0 Å². The normalized spacial score (nSPS) is 21.1. The first kappa shape index (κ1) is 16.0. The Hall–Kier alpha value is -0.380. The lowest BCUT2D eigenvalue weighted by molar-refractivity contribution is 0.169. The highest BCUT2D eigenvalue weighted by Gasteiger charge is 2.19. The highest BCUT2D eigenvalue weighted by molar-refractivity contribution is 9.10. The Morgan fingerprint density at radius 3 is 2.70 bits per heavy atom. The summed E-state index contributed by atoms with van der Waals surface area (Å²) in [6, 6.07) is 9.36. The summed E-state index contributed by atoms with van der Waals surface area (Å²) >= 11 is 3.50. The average molecular weight is 339 g/mol. The number of nitrogens with one attached hydrogen (secondary N) is 1. The molecule has 1 aliphatic rings. The van der Waals surface area contributed by atoms with Gasteiger partial charge in [0.2, 0.25) is 0 Å². The van der Waals surface area contributed by atoms with Gasteiger partial charge < -0.3 is 10.2 Å². The molecular formula is C17H27BrN2. The first-order valence-electron chi connectivity index (χ1n) is 7.88. The van der Waals surface area contributed by atoms with Crippen LogP contribution in [0, 0.1) is 5.92 Å². The van der Waals surface area contributed by atoms with Gasteiger partial charge in [0.25, 0.3) is 0 Å². The van der Waals surface area contributed by atoms with Gasteiger partial charge in [-0.3, -0.25) is 0 Å². The van der Waals surface area contributed by atoms with Crippen LogP contribution in [0.25, 0.3) is 0 Å². The third kappa shape index (κ3) is 4.87. The molecule has 112 valence electrons. The maximum atomic E-state index is 3.53. The van der Waals surface area contributed by atoms with E-state index in [9.17, 15) is 0 Å². The molecule has 3 heteroatoms. The van der Waals surface area contributed by atoms with Crippen molar-refractivity contribution in [3.63, 3.8) is 0 Å². The minimum Gasteiger partial charge on any atom is -0.316 e. The van der Waals surface area contributed by atoms with E-state index in [1.54, 1.807) is 0 Å². The zero-order valence-corrected chi connectivity index (χ0v) is 14.3. The topological polar surface area (TPSA) is 15.3 Å². The quantitative estimate of drug-likeness (QED) is 0.850. The Morgan fingerprint density at radius 1 is 1.35 bits per heavy atom. The first-order chi connectivity index (χ1) is 9.69. The molecule has 0 aromatic heterocycles. The molecule has 2 nitrogen and oxygen atoms in total. The fraction of sp³-hybridized carbons (Fsp3) is 0.647. The van der Waals surface area contributed by atoms with Crippen LogP contribution in [0.4, 0.5) is 0 Å². The molecule has 0 aliphatic carbocycles. The van der Waals surface area contributed by atoms with Crippen molar-refractivity contribution in [1.82, 2.24) is 10.2 Å². The third-order valence-corrected chi connectivity index (χ3v) is 4.89. The van der Waals surface area contributed by atoms with Crippen LogP contribution in [0.5, 0.6) is 0 Å². The number of rotatable bonds is 6. The SMILES string of the molecule is CCN(CC1CCCNC1)C(C)Cc1ccc(Br)cc1. The van der Waals surface area contributed by atoms with Gasteiger partial charge in [-0.1, -0.05) is 35.0 Å². The van der Waals surface area contributed by atoms with Crippen LogP contribution in [0.3, 0.4) is 0 Å². The van der Waals surface area contributed by atoms with E-state index in [0.717, 1.165) is 23.4 Å². The van der Waals surface area contributed by atoms with E-state index in [1.807, 2.05) is 0 Å². The number of piperidine rings is 1. The molecular weight excluding hydrogens is 312 g/mol. The van der Waals surface area contributed by atoms with E-state index in [-0.39, 0.29) is 0 Å². The molecule has 20 heavy (non-hydrogen) atoms. The van der Waals surface area contributed by atoms with Crippen LogP contribution in [0.2, 0.25) is 0 Å². The fourth-order valence-electron chi connectivity index (χ4n) is 3.12. The molecule has 1 aliphatic heterocycles. The summed E-state index contributed by atoms with van der Waals surface area (Å²) in [7, 11) is 0. The monoisotopic (exact) mass is 338 g/mol. The predicted molar refractivity (Wildman–Crippen MR) is 90.1 cm³/mol. The summed E-state index contributed by atoms with van der Waals surface area (Å²) in [5.74, 6) is 0.830. The summed E-state index contributed by atoms with van der Waals surface area (Å²) in [6.07, 6.45) is 3.86. The van der Waals surface area contributed by atoms with Gasteiger partial charge in [-0.2, -0.15) is 0 Å². The van der Waals surface area contributed by atoms with E-state index in [1.165, 1.54) is 38.0 Å². The standard InChI is InChI=1S/C17H27BrN2/c1-3-20(13-16-5-4-10-19-12-16)14(2)11-15-6-8-17(18)9-7-15/h6-9,14,16,19H,3-5,10-13H2,1-2H3. The summed E-state index contributed by atoms with van der Waals surface area (Å²) in [5, 5.41) is 3.53. The van der Waals surface area contributed by atoms with Gasteiger partial charge in [-0.15, -0.1) is 0 Å². The number of nitrogens with zero attached hydrogens (tertiary/aromatic N) is 1. The number of likely N-dealkylation sites (N-methyl/N-ethyl adjacent to an activating group) is 1. The number of benzene rings is 1. The van der Waals surface area contributed by atoms with Crippen molar-refractivity contribution in [2.75, 3.05) is 26.2 Å². The van der Waals surface area contributed by atoms with Gasteiger partial charge >= 0.3 is 0 Å². The molecule has 0 spiro atoms. The van der Waals surface area contributed by atoms with Gasteiger partial charge in [-0.05, 0) is 69.4 Å². The Morgan fingerprint density at radius 2 is 2.10 bits per heavy atom. The van der Waals surface area contributed by atoms with Crippen molar-refractivity contribution in [1.29, 1.82) is 0 Å². The van der Waals surface area contributed by atoms with E-state index in [4.69, 9.17) is 0 Å². The number of hydrogen-bond acceptors (Lipinski definition) is 2. The highest BCUT2D eigenvalue weighted by atomic mass is 79.9. The lowest BCUT2D eigenvalue weighted by Gasteiger charge is -2.33. The largest absolute Gasteiger partial charge is 0.316 e. The molecule has 1 aromatic carbocycles. The third-order valence-electron chi connectivity index (χ3n) is 4.37. The van der Waals surface area contributed by atoms with E-state index in [2.05, 4.69) is 64.3 Å². The van der Waals surface area contributed by atoms with Crippen LogP contribution in [0.1, 0.15) is 32.3 Å². The van der Waals surface area contributed by atoms with Crippen molar-refractivity contribution >= 4 is 15.9 Å². The molecule has 0 amide bonds. The lowest BCUT2D eigenvalue weighted by Crippen LogP contribution is -2.42. The Bertz CT molecular complexity index is 384.